The molecule has 2 aromatic carbocycles. The number of hydrogen-bond acceptors (Lipinski definition) is 9. The number of anilines is 1. The maximum atomic E-state index is 13.6. The van der Waals surface area contributed by atoms with Crippen molar-refractivity contribution in [2.45, 2.75) is 17.4 Å². The number of aliphatic imine (C=N–C) groups is 1. The van der Waals surface area contributed by atoms with E-state index >= 15 is 0 Å². The van der Waals surface area contributed by atoms with E-state index in [0.717, 1.165) is 61.5 Å². The van der Waals surface area contributed by atoms with Crippen molar-refractivity contribution >= 4 is 34.4 Å². The molecule has 1 saturated heterocycles. The second-order valence-corrected chi connectivity index (χ2v) is 10.2. The number of carbonyl (C=O) groups is 2. The Morgan fingerprint density at radius 2 is 1.80 bits per heavy atom. The van der Waals surface area contributed by atoms with E-state index in [0.29, 0.717) is 17.9 Å². The normalized spacial score (nSPS) is 26.4. The lowest BCUT2D eigenvalue weighted by atomic mass is 9.91. The first-order valence-electron chi connectivity index (χ1n) is 11.5. The van der Waals surface area contributed by atoms with Crippen LogP contribution in [-0.2, 0) is 21.7 Å². The monoisotopic (exact) mass is 495 g/mol. The van der Waals surface area contributed by atoms with Gasteiger partial charge in [-0.25, -0.2) is 0 Å². The summed E-state index contributed by atoms with van der Waals surface area (Å²) in [5.74, 6) is 0.460. The fourth-order valence-corrected chi connectivity index (χ4v) is 6.01. The number of nitrogens with zero attached hydrogens (tertiary/aromatic N) is 4. The predicted molar refractivity (Wildman–Crippen MR) is 130 cm³/mol. The van der Waals surface area contributed by atoms with Gasteiger partial charge in [-0.1, -0.05) is 36.0 Å². The van der Waals surface area contributed by atoms with Crippen LogP contribution in [0.4, 0.5) is 5.69 Å². The fraction of sp³-hybridized carbons (Fsp3) is 0.375. The molecule has 0 bridgehead atoms. The summed E-state index contributed by atoms with van der Waals surface area (Å²) in [5.41, 5.74) is 5.92. The molecular weight excluding hydrogens is 470 g/mol. The lowest BCUT2D eigenvalue weighted by Gasteiger charge is -2.37. The molecule has 2 atom stereocenters. The van der Waals surface area contributed by atoms with Crippen molar-refractivity contribution in [2.24, 2.45) is 10.7 Å². The minimum atomic E-state index is -2.00. The Morgan fingerprint density at radius 3 is 2.57 bits per heavy atom. The van der Waals surface area contributed by atoms with Gasteiger partial charge in [-0.3, -0.25) is 24.3 Å². The van der Waals surface area contributed by atoms with Crippen LogP contribution in [0.2, 0.25) is 0 Å². The molecule has 4 aliphatic rings. The molecule has 3 N–H and O–H groups in total. The van der Waals surface area contributed by atoms with Crippen molar-refractivity contribution < 1.29 is 24.2 Å². The minimum Gasteiger partial charge on any atom is -0.454 e. The largest absolute Gasteiger partial charge is 0.454 e. The lowest BCUT2D eigenvalue weighted by Crippen LogP contribution is -2.54. The first kappa shape index (κ1) is 22.4. The number of nitrogens with two attached hydrogens (primary N) is 1. The van der Waals surface area contributed by atoms with Gasteiger partial charge in [0.15, 0.2) is 22.3 Å². The molecule has 4 heterocycles. The molecule has 4 aliphatic heterocycles. The molecular formula is C24H25N5O5S. The van der Waals surface area contributed by atoms with Gasteiger partial charge in [0.2, 0.25) is 6.79 Å². The smallest absolute Gasteiger partial charge is 0.266 e. The Kier molecular flexibility index (Phi) is 5.44. The molecule has 10 nitrogen and oxygen atoms in total. The number of fused-ring (bicyclic) bond motifs is 2. The molecule has 2 amide bonds. The minimum absolute atomic E-state index is 0.0655. The Hall–Kier alpha value is -3.12. The average Bonchev–Trinajstić information content (AvgIpc) is 3.52. The van der Waals surface area contributed by atoms with Gasteiger partial charge in [-0.15, -0.1) is 0 Å². The third kappa shape index (κ3) is 3.75. The van der Waals surface area contributed by atoms with Crippen molar-refractivity contribution in [1.82, 2.24) is 9.80 Å². The summed E-state index contributed by atoms with van der Waals surface area (Å²) in [6, 6.07) is 13.1. The first-order chi connectivity index (χ1) is 16.9. The summed E-state index contributed by atoms with van der Waals surface area (Å²) < 4.78 is 10.9. The van der Waals surface area contributed by atoms with Crippen LogP contribution >= 0.6 is 11.8 Å². The van der Waals surface area contributed by atoms with Crippen LogP contribution in [0.1, 0.15) is 11.1 Å². The summed E-state index contributed by atoms with van der Waals surface area (Å²) in [4.78, 5) is 35.8. The molecule has 0 aromatic heterocycles. The van der Waals surface area contributed by atoms with E-state index in [2.05, 4.69) is 20.9 Å². The number of thioether (sulfide) groups is 1. The number of hydrogen-bond donors (Lipinski definition) is 2. The van der Waals surface area contributed by atoms with Crippen LogP contribution in [-0.4, -0.2) is 76.8 Å². The van der Waals surface area contributed by atoms with E-state index in [1.54, 1.807) is 23.1 Å². The quantitative estimate of drug-likeness (QED) is 0.617. The Balaban J connectivity index is 1.13. The van der Waals surface area contributed by atoms with Crippen LogP contribution in [0.3, 0.4) is 0 Å². The fourth-order valence-electron chi connectivity index (χ4n) is 5.07. The number of amidine groups is 1. The van der Waals surface area contributed by atoms with Gasteiger partial charge < -0.3 is 20.3 Å². The third-order valence-corrected chi connectivity index (χ3v) is 8.00. The van der Waals surface area contributed by atoms with Crippen molar-refractivity contribution in [3.63, 3.8) is 0 Å². The summed E-state index contributed by atoms with van der Waals surface area (Å²) in [7, 11) is 0. The van der Waals surface area contributed by atoms with Crippen molar-refractivity contribution in [3.05, 3.63) is 53.6 Å². The van der Waals surface area contributed by atoms with E-state index in [4.69, 9.17) is 15.2 Å². The second kappa shape index (κ2) is 8.52. The van der Waals surface area contributed by atoms with Crippen LogP contribution in [0, 0.1) is 0 Å². The van der Waals surface area contributed by atoms with Crippen molar-refractivity contribution in [1.29, 1.82) is 0 Å². The number of piperazine rings is 1. The number of rotatable bonds is 5. The molecule has 0 aliphatic carbocycles. The van der Waals surface area contributed by atoms with Crippen LogP contribution in [0.15, 0.2) is 47.5 Å². The highest BCUT2D eigenvalue weighted by Crippen LogP contribution is 2.47. The van der Waals surface area contributed by atoms with Gasteiger partial charge in [-0.05, 0) is 23.8 Å². The van der Waals surface area contributed by atoms with Gasteiger partial charge in [0.25, 0.3) is 11.8 Å². The van der Waals surface area contributed by atoms with Crippen LogP contribution < -0.4 is 20.1 Å². The molecule has 11 heteroatoms. The Labute approximate surface area is 206 Å². The molecule has 1 fully saturated rings. The number of carbonyl (C=O) groups excluding carboxylic acids is 2. The standard InChI is InChI=1S/C24H25N5O5S/c25-23-26-21(30)20(35-23)24(32)16-3-1-2-4-17(16)29(22(24)31)13-28-9-7-27(8-10-28)12-15-5-6-18-19(11-15)34-14-33-18/h1-6,11,20,32H,7-10,12-14H2,(H2,25,26,30). The summed E-state index contributed by atoms with van der Waals surface area (Å²) in [6.45, 7) is 4.60. The van der Waals surface area contributed by atoms with Crippen molar-refractivity contribution in [2.75, 3.05) is 44.5 Å². The zero-order valence-electron chi connectivity index (χ0n) is 18.9. The predicted octanol–water partition coefficient (Wildman–Crippen LogP) is 0.682. The van der Waals surface area contributed by atoms with Gasteiger partial charge in [0.1, 0.15) is 5.25 Å². The number of amides is 2. The van der Waals surface area contributed by atoms with E-state index in [1.165, 1.54) is 0 Å². The average molecular weight is 496 g/mol. The highest BCUT2D eigenvalue weighted by molar-refractivity contribution is 8.15. The number of para-hydroxylation sites is 1. The van der Waals surface area contributed by atoms with E-state index in [-0.39, 0.29) is 12.0 Å². The van der Waals surface area contributed by atoms with Gasteiger partial charge >= 0.3 is 0 Å². The highest BCUT2D eigenvalue weighted by atomic mass is 32.2. The van der Waals surface area contributed by atoms with E-state index in [9.17, 15) is 14.7 Å². The Bertz CT molecular complexity index is 1230. The maximum Gasteiger partial charge on any atom is 0.266 e. The van der Waals surface area contributed by atoms with Gasteiger partial charge in [0.05, 0.1) is 12.4 Å². The van der Waals surface area contributed by atoms with E-state index < -0.39 is 22.7 Å². The maximum absolute atomic E-state index is 13.6. The molecule has 35 heavy (non-hydrogen) atoms. The number of ether oxygens (including phenoxy) is 2. The van der Waals surface area contributed by atoms with Crippen LogP contribution in [0.25, 0.3) is 0 Å². The molecule has 0 spiro atoms. The first-order valence-corrected chi connectivity index (χ1v) is 12.3. The molecule has 2 unspecified atom stereocenters. The number of aliphatic hydroxyl groups is 1. The van der Waals surface area contributed by atoms with Gasteiger partial charge in [-0.2, -0.15) is 4.99 Å². The van der Waals surface area contributed by atoms with Gasteiger partial charge in [0, 0.05) is 38.3 Å². The Morgan fingerprint density at radius 1 is 1.06 bits per heavy atom. The van der Waals surface area contributed by atoms with Crippen molar-refractivity contribution in [3.8, 4) is 11.5 Å². The SMILES string of the molecule is NC1=NC(=O)C(C2(O)C(=O)N(CN3CCN(Cc4ccc5c(c4)OCO5)CC3)c3ccccc32)S1. The third-order valence-electron chi connectivity index (χ3n) is 6.89. The molecule has 0 radical (unpaired) electrons. The van der Waals surface area contributed by atoms with Crippen LogP contribution in [0.5, 0.6) is 11.5 Å². The van der Waals surface area contributed by atoms with E-state index in [1.807, 2.05) is 18.2 Å². The molecule has 2 aromatic rings. The highest BCUT2D eigenvalue weighted by Gasteiger charge is 2.59. The lowest BCUT2D eigenvalue weighted by molar-refractivity contribution is -0.140. The molecule has 182 valence electrons. The zero-order chi connectivity index (χ0) is 24.2. The summed E-state index contributed by atoms with van der Waals surface area (Å²) in [6.07, 6.45) is 0. The second-order valence-electron chi connectivity index (χ2n) is 9.03. The molecule has 6 rings (SSSR count). The topological polar surface area (TPSA) is 121 Å². The number of benzene rings is 2. The zero-order valence-corrected chi connectivity index (χ0v) is 19.7. The summed E-state index contributed by atoms with van der Waals surface area (Å²) in [5, 5.41) is 10.5. The summed E-state index contributed by atoms with van der Waals surface area (Å²) >= 11 is 0.937. The molecule has 0 saturated carbocycles.